The Morgan fingerprint density at radius 2 is 1.85 bits per heavy atom. The summed E-state index contributed by atoms with van der Waals surface area (Å²) in [7, 11) is 0. The second-order valence-corrected chi connectivity index (χ2v) is 11.5. The van der Waals surface area contributed by atoms with Crippen LogP contribution in [0.25, 0.3) is 22.3 Å². The molecule has 5 heterocycles. The van der Waals surface area contributed by atoms with Gasteiger partial charge in [-0.2, -0.15) is 0 Å². The Kier molecular flexibility index (Phi) is 6.28. The Hall–Kier alpha value is -4.41. The number of rotatable bonds is 3. The van der Waals surface area contributed by atoms with E-state index in [0.29, 0.717) is 41.3 Å². The van der Waals surface area contributed by atoms with Gasteiger partial charge < -0.3 is 28.4 Å². The number of fused-ring (bicyclic) bond motifs is 5. The Balaban J connectivity index is 1.39. The summed E-state index contributed by atoms with van der Waals surface area (Å²) in [5.74, 6) is -0.383. The molecule has 0 bridgehead atoms. The molecule has 3 aromatic rings. The monoisotopic (exact) mass is 561 g/mol. The second kappa shape index (κ2) is 9.60. The number of benzene rings is 1. The summed E-state index contributed by atoms with van der Waals surface area (Å²) in [6.45, 7) is 8.17. The van der Waals surface area contributed by atoms with Gasteiger partial charge in [-0.15, -0.1) is 0 Å². The molecule has 11 nitrogen and oxygen atoms in total. The fourth-order valence-electron chi connectivity index (χ4n) is 5.66. The lowest BCUT2D eigenvalue weighted by Crippen LogP contribution is -2.49. The first-order valence-corrected chi connectivity index (χ1v) is 13.8. The molecule has 0 spiro atoms. The van der Waals surface area contributed by atoms with Crippen LogP contribution in [0.4, 0.5) is 9.59 Å². The van der Waals surface area contributed by atoms with Crippen LogP contribution in [0.15, 0.2) is 35.1 Å². The lowest BCUT2D eigenvalue weighted by atomic mass is 9.85. The maximum absolute atomic E-state index is 13.7. The number of pyridine rings is 2. The van der Waals surface area contributed by atoms with Crippen molar-refractivity contribution in [2.45, 2.75) is 71.3 Å². The fraction of sp³-hybridized carbons (Fsp3) is 0.433. The van der Waals surface area contributed by atoms with Crippen molar-refractivity contribution in [1.82, 2.24) is 14.5 Å². The summed E-state index contributed by atoms with van der Waals surface area (Å²) in [5, 5.41) is 0.719. The topological polar surface area (TPSA) is 126 Å². The largest absolute Gasteiger partial charge is 0.514 e. The van der Waals surface area contributed by atoms with Crippen molar-refractivity contribution in [3.8, 4) is 17.1 Å². The van der Waals surface area contributed by atoms with Crippen molar-refractivity contribution in [2.24, 2.45) is 0 Å². The first-order chi connectivity index (χ1) is 19.5. The van der Waals surface area contributed by atoms with E-state index in [0.717, 1.165) is 23.8 Å². The first kappa shape index (κ1) is 26.8. The Labute approximate surface area is 236 Å². The number of aromatic nitrogens is 2. The minimum atomic E-state index is -1.73. The second-order valence-electron chi connectivity index (χ2n) is 11.5. The zero-order chi connectivity index (χ0) is 29.1. The number of carbonyl (C=O) groups is 3. The summed E-state index contributed by atoms with van der Waals surface area (Å²) in [6, 6.07) is 8.67. The van der Waals surface area contributed by atoms with Crippen LogP contribution in [0.1, 0.15) is 63.6 Å². The molecule has 1 amide bonds. The summed E-state index contributed by atoms with van der Waals surface area (Å²) in [5.41, 5.74) is 0.427. The number of nitrogens with zero attached hydrogens (tertiary/aromatic N) is 3. The Morgan fingerprint density at radius 1 is 1.10 bits per heavy atom. The lowest BCUT2D eigenvalue weighted by Gasteiger charge is -2.36. The van der Waals surface area contributed by atoms with Crippen molar-refractivity contribution >= 4 is 29.1 Å². The molecule has 6 rings (SSSR count). The predicted molar refractivity (Wildman–Crippen MR) is 146 cm³/mol. The molecule has 0 radical (unpaired) electrons. The number of hydrogen-bond acceptors (Lipinski definition) is 9. The molecule has 1 atom stereocenters. The van der Waals surface area contributed by atoms with Crippen LogP contribution >= 0.6 is 0 Å². The van der Waals surface area contributed by atoms with Gasteiger partial charge >= 0.3 is 18.2 Å². The number of ether oxygens (including phenoxy) is 4. The Bertz CT molecular complexity index is 1660. The number of likely N-dealkylation sites (tertiary alicyclic amines) is 1. The summed E-state index contributed by atoms with van der Waals surface area (Å²) in [4.78, 5) is 58.5. The van der Waals surface area contributed by atoms with Gasteiger partial charge in [0.1, 0.15) is 18.0 Å². The number of amides is 1. The van der Waals surface area contributed by atoms with E-state index in [1.165, 1.54) is 0 Å². The molecule has 3 aliphatic rings. The van der Waals surface area contributed by atoms with Crippen molar-refractivity contribution < 1.29 is 33.3 Å². The van der Waals surface area contributed by atoms with E-state index in [1.807, 2.05) is 6.07 Å². The van der Waals surface area contributed by atoms with Gasteiger partial charge in [-0.05, 0) is 70.4 Å². The van der Waals surface area contributed by atoms with Crippen molar-refractivity contribution in [2.75, 3.05) is 13.1 Å². The molecule has 1 fully saturated rings. The number of hydrogen-bond donors (Lipinski definition) is 0. The molecule has 1 saturated heterocycles. The van der Waals surface area contributed by atoms with Gasteiger partial charge in [0.25, 0.3) is 5.56 Å². The van der Waals surface area contributed by atoms with Crippen molar-refractivity contribution in [1.29, 1.82) is 0 Å². The quantitative estimate of drug-likeness (QED) is 0.200. The molecule has 1 aromatic carbocycles. The summed E-state index contributed by atoms with van der Waals surface area (Å²) >= 11 is 0. The molecular weight excluding hydrogens is 530 g/mol. The van der Waals surface area contributed by atoms with E-state index in [1.54, 1.807) is 61.4 Å². The zero-order valence-corrected chi connectivity index (χ0v) is 23.4. The highest BCUT2D eigenvalue weighted by Gasteiger charge is 2.51. The lowest BCUT2D eigenvalue weighted by molar-refractivity contribution is -0.173. The van der Waals surface area contributed by atoms with E-state index < -0.39 is 29.4 Å². The van der Waals surface area contributed by atoms with Gasteiger partial charge in [-0.1, -0.05) is 6.92 Å². The molecule has 0 N–H and O–H groups in total. The van der Waals surface area contributed by atoms with Crippen molar-refractivity contribution in [3.63, 3.8) is 0 Å². The molecule has 41 heavy (non-hydrogen) atoms. The van der Waals surface area contributed by atoms with Crippen LogP contribution in [0.5, 0.6) is 5.75 Å². The zero-order valence-electron chi connectivity index (χ0n) is 23.4. The highest BCUT2D eigenvalue weighted by Crippen LogP contribution is 2.41. The number of esters is 1. The molecule has 0 aliphatic carbocycles. The minimum Gasteiger partial charge on any atom is -0.457 e. The highest BCUT2D eigenvalue weighted by molar-refractivity contribution is 5.88. The average Bonchev–Trinajstić information content (AvgIpc) is 3.57. The van der Waals surface area contributed by atoms with Crippen molar-refractivity contribution in [3.05, 3.63) is 57.4 Å². The number of carbonyl (C=O) groups excluding carboxylic acids is 3. The van der Waals surface area contributed by atoms with Gasteiger partial charge in [0, 0.05) is 29.6 Å². The molecular formula is C30H31N3O8. The van der Waals surface area contributed by atoms with Crippen LogP contribution in [-0.4, -0.2) is 51.4 Å². The van der Waals surface area contributed by atoms with E-state index >= 15 is 0 Å². The standard InChI is InChI=1S/C30H31N3O8/c1-5-30(40-27(36)32-10-6-7-11-32)21-14-23-24-18(15-33(23)25(34)20(21)16-38-26(30)35)12-17-13-19(8-9-22(17)31-24)39-28(37)41-29(2,3)4/h8-9,12-14H,5-7,10-11,15-16H2,1-4H3. The molecule has 11 heteroatoms. The normalized spacial score (nSPS) is 19.3. The summed E-state index contributed by atoms with van der Waals surface area (Å²) in [6.07, 6.45) is 0.449. The maximum Gasteiger partial charge on any atom is 0.514 e. The average molecular weight is 562 g/mol. The van der Waals surface area contributed by atoms with Gasteiger partial charge in [0.05, 0.1) is 29.0 Å². The summed E-state index contributed by atoms with van der Waals surface area (Å²) < 4.78 is 23.5. The smallest absolute Gasteiger partial charge is 0.457 e. The maximum atomic E-state index is 13.7. The van der Waals surface area contributed by atoms with E-state index in [2.05, 4.69) is 0 Å². The molecule has 2 aromatic heterocycles. The molecule has 3 aliphatic heterocycles. The third-order valence-corrected chi connectivity index (χ3v) is 7.66. The minimum absolute atomic E-state index is 0.111. The SMILES string of the molecule is CCC1(OC(=O)N2CCCC2)C(=O)OCc2c1cc1n(c2=O)Cc2cc3cc(OC(=O)OC(C)(C)C)ccc3nc2-1. The van der Waals surface area contributed by atoms with Gasteiger partial charge in [0.15, 0.2) is 0 Å². The molecule has 214 valence electrons. The third-order valence-electron chi connectivity index (χ3n) is 7.66. The molecule has 0 saturated carbocycles. The van der Waals surface area contributed by atoms with Crippen LogP contribution in [0, 0.1) is 0 Å². The fourth-order valence-corrected chi connectivity index (χ4v) is 5.66. The van der Waals surface area contributed by atoms with Gasteiger partial charge in [0.2, 0.25) is 5.60 Å². The predicted octanol–water partition coefficient (Wildman–Crippen LogP) is 4.63. The molecule has 1 unspecified atom stereocenters. The van der Waals surface area contributed by atoms with Crippen LogP contribution in [0.2, 0.25) is 0 Å². The first-order valence-electron chi connectivity index (χ1n) is 13.8. The van der Waals surface area contributed by atoms with Crippen LogP contribution in [0.3, 0.4) is 0 Å². The van der Waals surface area contributed by atoms with E-state index in [9.17, 15) is 19.2 Å². The third kappa shape index (κ3) is 4.58. The highest BCUT2D eigenvalue weighted by atomic mass is 16.7. The Morgan fingerprint density at radius 3 is 2.56 bits per heavy atom. The van der Waals surface area contributed by atoms with Gasteiger partial charge in [-0.3, -0.25) is 4.79 Å². The van der Waals surface area contributed by atoms with Crippen LogP contribution in [-0.2, 0) is 37.8 Å². The van der Waals surface area contributed by atoms with E-state index in [-0.39, 0.29) is 30.7 Å². The number of cyclic esters (lactones) is 1. The van der Waals surface area contributed by atoms with E-state index in [4.69, 9.17) is 23.9 Å². The van der Waals surface area contributed by atoms with Gasteiger partial charge in [-0.25, -0.2) is 19.4 Å². The van der Waals surface area contributed by atoms with Crippen LogP contribution < -0.4 is 10.3 Å².